The Labute approximate surface area is 766 Å². The van der Waals surface area contributed by atoms with Gasteiger partial charge in [-0.3, -0.25) is 43.8 Å². The van der Waals surface area contributed by atoms with Crippen LogP contribution in [0.15, 0.2) is 76.9 Å². The molecule has 28 unspecified atom stereocenters. The molecule has 28 atom stereocenters. The van der Waals surface area contributed by atoms with E-state index < -0.39 is 174 Å². The molecule has 0 spiro atoms. The quantitative estimate of drug-likeness (QED) is 0.0236. The van der Waals surface area contributed by atoms with Crippen molar-refractivity contribution in [3.8, 4) is 0 Å². The number of hydrogen-bond acceptors (Lipinski definition) is 28. The second-order valence-electron chi connectivity index (χ2n) is 37.7. The average Bonchev–Trinajstić information content (AvgIpc) is 0.837. The molecule has 6 fully saturated rings. The maximum atomic E-state index is 14.5. The van der Waals surface area contributed by atoms with Gasteiger partial charge in [0.15, 0.2) is 0 Å². The highest BCUT2D eigenvalue weighted by Gasteiger charge is 2.59. The number of aliphatic hydroxyl groups is 4. The first-order valence-corrected chi connectivity index (χ1v) is 47.5. The molecule has 0 radical (unpaired) electrons. The molecule has 8 aliphatic rings. The van der Waals surface area contributed by atoms with E-state index in [1.165, 1.54) is 45.2 Å². The van der Waals surface area contributed by atoms with E-state index >= 15 is 0 Å². The molecule has 129 heavy (non-hydrogen) atoms. The number of methoxy groups -OCH3 is 6. The van der Waals surface area contributed by atoms with Gasteiger partial charge in [-0.25, -0.2) is 19.8 Å². The molecule has 4 saturated heterocycles. The Morgan fingerprint density at radius 3 is 1.34 bits per heavy atom. The molecule has 4 amide bonds. The predicted octanol–water partition coefficient (Wildman–Crippen LogP) is 11.1. The van der Waals surface area contributed by atoms with Crippen molar-refractivity contribution in [1.82, 2.24) is 20.5 Å². The Balaban J connectivity index is 0.000000319. The molecular weight excluding hydrogens is 1680 g/mol. The third-order valence-corrected chi connectivity index (χ3v) is 29.1. The van der Waals surface area contributed by atoms with E-state index in [1.807, 2.05) is 91.0 Å². The van der Waals surface area contributed by atoms with E-state index in [2.05, 4.69) is 16.2 Å². The zero-order chi connectivity index (χ0) is 95.1. The van der Waals surface area contributed by atoms with E-state index in [1.54, 1.807) is 61.0 Å². The number of hydrogen-bond donors (Lipinski definition) is 7. The molecule has 1 aromatic carbocycles. The monoisotopic (exact) mass is 1830 g/mol. The Morgan fingerprint density at radius 2 is 0.930 bits per heavy atom. The van der Waals surface area contributed by atoms with Gasteiger partial charge < -0.3 is 87.6 Å². The SMILES string of the molecule is CCC1/C=C(\C)CC(C)CC(OC)C2OC(O)(C(=O)C(=O)N3CCCCC3C(=O)OC(/C(C)=C/C3CCC(OC(=O)NNc4ccccc4)C(OC)C3)C(C)C(O)CC1=O)C(C)CC2OC.CCC1/C=C(\C)CC(C)CC(OC)C2OC(O)(C(=O)C(=O)N3CCCCC3C(=O)OC(/C(C)=C/C3CCC(SC(=O)CNC(C)=O)C(OC)C3)C(C)C(O)CC1=O)C(C)CC2OC. The number of amides is 4. The number of allylic oxidation sites excluding steroid dienone is 6. The maximum Gasteiger partial charge on any atom is 0.426 e. The molecule has 7 N–H and O–H groups in total. The van der Waals surface area contributed by atoms with Gasteiger partial charge in [-0.15, -0.1) is 0 Å². The molecule has 6 heterocycles. The number of esters is 2. The molecule has 6 aliphatic heterocycles. The van der Waals surface area contributed by atoms with Gasteiger partial charge in [0.05, 0.1) is 61.1 Å². The Bertz CT molecular complexity index is 4070. The number of nitrogens with one attached hydrogen (secondary N) is 3. The number of anilines is 1. The Kier molecular flexibility index (Phi) is 41.7. The highest BCUT2D eigenvalue weighted by Crippen LogP contribution is 2.44. The largest absolute Gasteiger partial charge is 0.456 e. The second kappa shape index (κ2) is 50.2. The standard InChI is InChI=1S/C50H75N3O13.C47H74N2O13S/c1-10-35-23-29(2)22-30(3)24-42(62-8)45-43(63-9)26-32(5)50(60,66-45)46(56)47(57)53-21-15-14-18-37(53)48(58)65-44(33(6)38(54)28-39(35)55)31(4)25-34-19-20-40(41(27-34)61-7)64-49(59)52-51-36-16-12-11-13-17-36;1-11-33-19-26(2)18-27(3)20-38(59-9)43-39(60-10)22-29(5)47(57,62-43)44(54)45(55)49-17-13-12-14-34(49)46(56)61-42(30(6)35(51)24-36(33)52)28(4)21-32-15-16-40(37(23-32)58-8)63-41(53)25-48-31(7)50/h11-13,16-17,23,25,30,32-35,37-38,40-45,51,54,60H,10,14-15,18-22,24,26-28H2,1-9H3,(H,52,59);19,21,27,29-30,32-35,37-40,42-43,51,57H,11-18,20,22-25H2,1-10H3,(H,48,50)/b29-23+,31-25+;26-19+,28-21+. The van der Waals surface area contributed by atoms with Gasteiger partial charge in [0.25, 0.3) is 23.4 Å². The number of carbonyl (C=O) groups excluding carboxylic acids is 11. The van der Waals surface area contributed by atoms with Crippen molar-refractivity contribution in [2.24, 2.45) is 59.2 Å². The molecule has 4 bridgehead atoms. The highest BCUT2D eigenvalue weighted by molar-refractivity contribution is 8.14. The third-order valence-electron chi connectivity index (χ3n) is 27.8. The summed E-state index contributed by atoms with van der Waals surface area (Å²) < 4.78 is 66.1. The van der Waals surface area contributed by atoms with Crippen LogP contribution in [0.1, 0.15) is 231 Å². The zero-order valence-electron chi connectivity index (χ0n) is 79.5. The van der Waals surface area contributed by atoms with Crippen LogP contribution in [0.3, 0.4) is 0 Å². The van der Waals surface area contributed by atoms with Crippen LogP contribution in [0.4, 0.5) is 10.5 Å². The minimum absolute atomic E-state index is 0.0145. The van der Waals surface area contributed by atoms with E-state index in [0.717, 1.165) is 22.9 Å². The van der Waals surface area contributed by atoms with Crippen molar-refractivity contribution in [2.45, 2.75) is 340 Å². The molecule has 0 aromatic heterocycles. The van der Waals surface area contributed by atoms with Crippen LogP contribution in [-0.4, -0.2) is 265 Å². The molecule has 9 rings (SSSR count). The van der Waals surface area contributed by atoms with Crippen molar-refractivity contribution in [3.63, 3.8) is 0 Å². The number of benzene rings is 1. The van der Waals surface area contributed by atoms with Gasteiger partial charge in [-0.05, 0) is 203 Å². The number of ether oxygens (including phenoxy) is 11. The summed E-state index contributed by atoms with van der Waals surface area (Å²) in [6.07, 6.45) is 6.59. The number of ketones is 4. The van der Waals surface area contributed by atoms with Crippen LogP contribution in [-0.2, 0) is 100 Å². The molecule has 2 aliphatic carbocycles. The van der Waals surface area contributed by atoms with Gasteiger partial charge in [0.2, 0.25) is 22.6 Å². The van der Waals surface area contributed by atoms with Crippen molar-refractivity contribution < 1.29 is 125 Å². The minimum Gasteiger partial charge on any atom is -0.456 e. The smallest absolute Gasteiger partial charge is 0.426 e. The molecule has 31 nitrogen and oxygen atoms in total. The van der Waals surface area contributed by atoms with Gasteiger partial charge in [-0.2, -0.15) is 0 Å². The molecule has 2 saturated carbocycles. The molecular formula is C97H149N5O26S. The number of aliphatic hydroxyl groups excluding tert-OH is 2. The lowest BCUT2D eigenvalue weighted by Crippen LogP contribution is -2.64. The Hall–Kier alpha value is -7.18. The number of thioether (sulfide) groups is 1. The normalized spacial score (nSPS) is 37.4. The van der Waals surface area contributed by atoms with Crippen LogP contribution in [0.2, 0.25) is 0 Å². The molecule has 1 aromatic rings. The molecule has 724 valence electrons. The van der Waals surface area contributed by atoms with Crippen LogP contribution in [0, 0.1) is 59.2 Å². The lowest BCUT2D eigenvalue weighted by Gasteiger charge is -2.47. The minimum atomic E-state index is -2.53. The number of rotatable bonds is 18. The van der Waals surface area contributed by atoms with Gasteiger partial charge >= 0.3 is 18.0 Å². The fraction of sp³-hybridized carbons (Fsp3) is 0.742. The topological polar surface area (TPSA) is 413 Å². The van der Waals surface area contributed by atoms with Crippen molar-refractivity contribution in [3.05, 3.63) is 76.9 Å². The summed E-state index contributed by atoms with van der Waals surface area (Å²) in [6.45, 7) is 23.6. The highest BCUT2D eigenvalue weighted by atomic mass is 32.2. The van der Waals surface area contributed by atoms with Crippen molar-refractivity contribution >= 4 is 81.5 Å². The second-order valence-corrected chi connectivity index (χ2v) is 39.0. The van der Waals surface area contributed by atoms with Gasteiger partial charge in [0.1, 0.15) is 54.2 Å². The van der Waals surface area contributed by atoms with E-state index in [0.29, 0.717) is 120 Å². The number of Topliss-reactive ketones (excluding diaryl/α,β-unsaturated/α-hetero) is 4. The summed E-state index contributed by atoms with van der Waals surface area (Å²) in [5, 5.41) is 50.1. The summed E-state index contributed by atoms with van der Waals surface area (Å²) in [5.41, 5.74) is 9.29. The fourth-order valence-corrected chi connectivity index (χ4v) is 21.4. The summed E-state index contributed by atoms with van der Waals surface area (Å²) in [7, 11) is 9.26. The number of fused-ring (bicyclic) bond motifs is 6. The average molecular weight is 1830 g/mol. The van der Waals surface area contributed by atoms with Crippen LogP contribution >= 0.6 is 11.8 Å². The first-order chi connectivity index (χ1) is 61.2. The zero-order valence-corrected chi connectivity index (χ0v) is 80.3. The summed E-state index contributed by atoms with van der Waals surface area (Å²) in [5.74, 6) is -15.9. The van der Waals surface area contributed by atoms with Crippen LogP contribution < -0.4 is 16.2 Å². The number of para-hydroxylation sites is 1. The van der Waals surface area contributed by atoms with Crippen LogP contribution in [0.5, 0.6) is 0 Å². The number of hydrazine groups is 1. The van der Waals surface area contributed by atoms with E-state index in [4.69, 9.17) is 52.1 Å². The lowest BCUT2D eigenvalue weighted by molar-refractivity contribution is -0.302. The maximum absolute atomic E-state index is 14.5. The number of carbonyl (C=O) groups is 11. The number of piperidine rings is 2. The van der Waals surface area contributed by atoms with Gasteiger partial charge in [0, 0.05) is 116 Å². The number of cyclic esters (lactones) is 2. The van der Waals surface area contributed by atoms with E-state index in [-0.39, 0.29) is 116 Å². The third kappa shape index (κ3) is 28.5. The van der Waals surface area contributed by atoms with Gasteiger partial charge in [-0.1, -0.05) is 121 Å². The van der Waals surface area contributed by atoms with Crippen molar-refractivity contribution in [1.29, 1.82) is 0 Å². The summed E-state index contributed by atoms with van der Waals surface area (Å²) in [4.78, 5) is 153. The fourth-order valence-electron chi connectivity index (χ4n) is 20.2. The van der Waals surface area contributed by atoms with Crippen LogP contribution in [0.25, 0.3) is 0 Å². The lowest BCUT2D eigenvalue weighted by atomic mass is 9.81. The predicted molar refractivity (Wildman–Crippen MR) is 483 cm³/mol. The summed E-state index contributed by atoms with van der Waals surface area (Å²) in [6, 6.07) is 6.80. The van der Waals surface area contributed by atoms with E-state index in [9.17, 15) is 73.2 Å². The summed E-state index contributed by atoms with van der Waals surface area (Å²) >= 11 is 1.16. The van der Waals surface area contributed by atoms with Crippen molar-refractivity contribution in [2.75, 3.05) is 67.7 Å². The first-order valence-electron chi connectivity index (χ1n) is 46.6. The number of nitrogens with zero attached hydrogens (tertiary/aromatic N) is 2. The Morgan fingerprint density at radius 1 is 0.519 bits per heavy atom. The first kappa shape index (κ1) is 107. The molecule has 32 heteroatoms.